The van der Waals surface area contributed by atoms with Crippen molar-refractivity contribution in [3.63, 3.8) is 0 Å². The summed E-state index contributed by atoms with van der Waals surface area (Å²) in [6.45, 7) is 3.14. The largest absolute Gasteiger partial charge is 0.372 e. The average molecular weight is 471 g/mol. The van der Waals surface area contributed by atoms with Gasteiger partial charge in [-0.2, -0.15) is 9.97 Å². The van der Waals surface area contributed by atoms with Crippen LogP contribution < -0.4 is 10.6 Å². The quantitative estimate of drug-likeness (QED) is 0.398. The molecule has 5 heterocycles. The number of aromatic nitrogens is 5. The number of rotatable bonds is 5. The highest BCUT2D eigenvalue weighted by atomic mass is 16.2. The number of carbonyl (C=O) groups excluding carboxylic acids is 1. The molecular weight excluding hydrogens is 440 g/mol. The van der Waals surface area contributed by atoms with Crippen LogP contribution in [0.5, 0.6) is 0 Å². The molecule has 1 aliphatic carbocycles. The molecule has 0 unspecified atom stereocenters. The minimum atomic E-state index is -0.0244. The minimum absolute atomic E-state index is 0.0244. The SMILES string of the molecule is CNc1nc(N[C@H]2CC[C@](C)(N3CCCC3=O)CC2)nc2[nH]cc(-c3ccc4ncccc4n3)c12. The first-order chi connectivity index (χ1) is 17.0. The lowest BCUT2D eigenvalue weighted by molar-refractivity contribution is -0.133. The number of aromatic amines is 1. The number of pyridine rings is 2. The van der Waals surface area contributed by atoms with Crippen molar-refractivity contribution in [2.75, 3.05) is 24.2 Å². The molecule has 3 N–H and O–H groups in total. The van der Waals surface area contributed by atoms with E-state index in [1.807, 2.05) is 37.5 Å². The number of hydrogen-bond acceptors (Lipinski definition) is 7. The molecule has 4 aromatic rings. The van der Waals surface area contributed by atoms with E-state index in [9.17, 15) is 4.79 Å². The number of fused-ring (bicyclic) bond motifs is 2. The van der Waals surface area contributed by atoms with Crippen LogP contribution in [-0.2, 0) is 4.79 Å². The number of hydrogen-bond donors (Lipinski definition) is 3. The normalized spacial score (nSPS) is 22.7. The number of H-pyrrole nitrogens is 1. The van der Waals surface area contributed by atoms with Crippen LogP contribution >= 0.6 is 0 Å². The van der Waals surface area contributed by atoms with Crippen LogP contribution in [0.1, 0.15) is 45.4 Å². The Morgan fingerprint density at radius 2 is 1.97 bits per heavy atom. The van der Waals surface area contributed by atoms with Crippen molar-refractivity contribution in [3.05, 3.63) is 36.7 Å². The molecule has 9 nitrogen and oxygen atoms in total. The van der Waals surface area contributed by atoms with Crippen LogP contribution in [-0.4, -0.2) is 60.9 Å². The van der Waals surface area contributed by atoms with E-state index in [1.54, 1.807) is 6.20 Å². The van der Waals surface area contributed by atoms with Crippen molar-refractivity contribution in [2.24, 2.45) is 0 Å². The first-order valence-electron chi connectivity index (χ1n) is 12.4. The predicted octanol–water partition coefficient (Wildman–Crippen LogP) is 4.35. The summed E-state index contributed by atoms with van der Waals surface area (Å²) in [4.78, 5) is 36.5. The second-order valence-corrected chi connectivity index (χ2v) is 9.87. The summed E-state index contributed by atoms with van der Waals surface area (Å²) < 4.78 is 0. The van der Waals surface area contributed by atoms with Gasteiger partial charge < -0.3 is 20.5 Å². The molecule has 9 heteroatoms. The molecule has 0 atom stereocenters. The van der Waals surface area contributed by atoms with Gasteiger partial charge in [-0.15, -0.1) is 0 Å². The second-order valence-electron chi connectivity index (χ2n) is 9.87. The molecule has 2 aliphatic rings. The van der Waals surface area contributed by atoms with Crippen LogP contribution in [0.4, 0.5) is 11.8 Å². The lowest BCUT2D eigenvalue weighted by Crippen LogP contribution is -2.50. The monoisotopic (exact) mass is 470 g/mol. The van der Waals surface area contributed by atoms with Gasteiger partial charge in [0, 0.05) is 49.6 Å². The van der Waals surface area contributed by atoms with Crippen LogP contribution in [0.25, 0.3) is 33.3 Å². The van der Waals surface area contributed by atoms with Crippen molar-refractivity contribution in [1.82, 2.24) is 29.8 Å². The number of likely N-dealkylation sites (tertiary alicyclic amines) is 1. The Labute approximate surface area is 203 Å². The lowest BCUT2D eigenvalue weighted by Gasteiger charge is -2.44. The average Bonchev–Trinajstić information content (AvgIpc) is 3.51. The third-order valence-electron chi connectivity index (χ3n) is 7.62. The van der Waals surface area contributed by atoms with Crippen molar-refractivity contribution < 1.29 is 4.79 Å². The molecule has 0 spiro atoms. The Hall–Kier alpha value is -3.75. The number of nitrogens with one attached hydrogen (secondary N) is 3. The van der Waals surface area contributed by atoms with Gasteiger partial charge in [0.05, 0.1) is 22.1 Å². The number of amides is 1. The van der Waals surface area contributed by atoms with Crippen LogP contribution in [0.3, 0.4) is 0 Å². The Morgan fingerprint density at radius 1 is 1.11 bits per heavy atom. The summed E-state index contributed by atoms with van der Waals surface area (Å²) in [5, 5.41) is 7.71. The summed E-state index contributed by atoms with van der Waals surface area (Å²) >= 11 is 0. The van der Waals surface area contributed by atoms with E-state index in [4.69, 9.17) is 15.0 Å². The molecule has 180 valence electrons. The van der Waals surface area contributed by atoms with Gasteiger partial charge in [-0.1, -0.05) is 0 Å². The molecule has 0 aromatic carbocycles. The van der Waals surface area contributed by atoms with Gasteiger partial charge in [-0.25, -0.2) is 4.98 Å². The summed E-state index contributed by atoms with van der Waals surface area (Å²) in [7, 11) is 1.87. The maximum absolute atomic E-state index is 12.3. The van der Waals surface area contributed by atoms with Crippen molar-refractivity contribution >= 4 is 39.7 Å². The van der Waals surface area contributed by atoms with Gasteiger partial charge >= 0.3 is 0 Å². The zero-order chi connectivity index (χ0) is 24.0. The topological polar surface area (TPSA) is 112 Å². The van der Waals surface area contributed by atoms with Gasteiger partial charge in [0.2, 0.25) is 11.9 Å². The zero-order valence-corrected chi connectivity index (χ0v) is 20.1. The maximum Gasteiger partial charge on any atom is 0.226 e. The van der Waals surface area contributed by atoms with Gasteiger partial charge in [-0.3, -0.25) is 9.78 Å². The Morgan fingerprint density at radius 3 is 2.74 bits per heavy atom. The fourth-order valence-corrected chi connectivity index (χ4v) is 5.64. The van der Waals surface area contributed by atoms with Gasteiger partial charge in [0.25, 0.3) is 0 Å². The van der Waals surface area contributed by atoms with Crippen molar-refractivity contribution in [1.29, 1.82) is 0 Å². The van der Waals surface area contributed by atoms with E-state index >= 15 is 0 Å². The van der Waals surface area contributed by atoms with Gasteiger partial charge in [-0.05, 0) is 63.3 Å². The molecule has 2 fully saturated rings. The Balaban J connectivity index is 1.24. The van der Waals surface area contributed by atoms with E-state index < -0.39 is 0 Å². The molecule has 6 rings (SSSR count). The summed E-state index contributed by atoms with van der Waals surface area (Å²) in [6, 6.07) is 8.11. The maximum atomic E-state index is 12.3. The van der Waals surface area contributed by atoms with Crippen molar-refractivity contribution in [2.45, 2.75) is 57.0 Å². The van der Waals surface area contributed by atoms with Crippen LogP contribution in [0, 0.1) is 0 Å². The molecule has 1 amide bonds. The molecule has 1 saturated heterocycles. The molecular formula is C26H30N8O. The number of nitrogens with zero attached hydrogens (tertiary/aromatic N) is 5. The number of carbonyl (C=O) groups is 1. The highest BCUT2D eigenvalue weighted by Crippen LogP contribution is 2.37. The minimum Gasteiger partial charge on any atom is -0.372 e. The van der Waals surface area contributed by atoms with E-state index in [0.717, 1.165) is 77.8 Å². The molecule has 0 bridgehead atoms. The highest BCUT2D eigenvalue weighted by Gasteiger charge is 2.40. The Kier molecular flexibility index (Phi) is 5.27. The molecule has 4 aromatic heterocycles. The van der Waals surface area contributed by atoms with E-state index in [2.05, 4.69) is 32.4 Å². The predicted molar refractivity (Wildman–Crippen MR) is 137 cm³/mol. The fourth-order valence-electron chi connectivity index (χ4n) is 5.64. The van der Waals surface area contributed by atoms with E-state index in [1.165, 1.54) is 0 Å². The molecule has 35 heavy (non-hydrogen) atoms. The molecule has 1 saturated carbocycles. The van der Waals surface area contributed by atoms with Gasteiger partial charge in [0.1, 0.15) is 11.5 Å². The van der Waals surface area contributed by atoms with Gasteiger partial charge in [0.15, 0.2) is 0 Å². The highest BCUT2D eigenvalue weighted by molar-refractivity contribution is 6.01. The second kappa shape index (κ2) is 8.48. The lowest BCUT2D eigenvalue weighted by atomic mass is 9.79. The fraction of sp³-hybridized carbons (Fsp3) is 0.423. The summed E-state index contributed by atoms with van der Waals surface area (Å²) in [5.41, 5.74) is 4.25. The smallest absolute Gasteiger partial charge is 0.226 e. The van der Waals surface area contributed by atoms with Crippen LogP contribution in [0.15, 0.2) is 36.7 Å². The van der Waals surface area contributed by atoms with E-state index in [0.29, 0.717) is 18.3 Å². The van der Waals surface area contributed by atoms with Crippen LogP contribution in [0.2, 0.25) is 0 Å². The first-order valence-corrected chi connectivity index (χ1v) is 12.4. The summed E-state index contributed by atoms with van der Waals surface area (Å²) in [5.74, 6) is 1.67. The third-order valence-corrected chi connectivity index (χ3v) is 7.62. The number of anilines is 2. The molecule has 0 radical (unpaired) electrons. The molecule has 1 aliphatic heterocycles. The summed E-state index contributed by atoms with van der Waals surface area (Å²) in [6.07, 6.45) is 9.36. The Bertz CT molecular complexity index is 1410. The standard InChI is InChI=1S/C26H30N8O/c1-26(34-14-4-6-21(34)35)11-9-16(10-12-26)30-25-32-23(27-2)22-17(15-29-24(22)33-25)18-7-8-19-20(31-18)5-3-13-28-19/h3,5,7-8,13,15-16H,4,6,9-12,14H2,1-2H3,(H3,27,29,30,32,33)/t16-,26-. The van der Waals surface area contributed by atoms with E-state index in [-0.39, 0.29) is 11.6 Å². The first kappa shape index (κ1) is 21.8. The van der Waals surface area contributed by atoms with Crippen molar-refractivity contribution in [3.8, 4) is 11.3 Å². The zero-order valence-electron chi connectivity index (χ0n) is 20.1. The third kappa shape index (κ3) is 3.84.